The van der Waals surface area contributed by atoms with E-state index in [1.807, 2.05) is 24.3 Å². The minimum Gasteiger partial charge on any atom is -0.507 e. The summed E-state index contributed by atoms with van der Waals surface area (Å²) in [6.45, 7) is 31.4. The lowest BCUT2D eigenvalue weighted by Crippen LogP contribution is -2.17. The fourth-order valence-corrected chi connectivity index (χ4v) is 8.63. The molecule has 2 heterocycles. The fourth-order valence-electron chi connectivity index (χ4n) is 8.63. The molecule has 8 rings (SSSR count). The van der Waals surface area contributed by atoms with Crippen molar-refractivity contribution in [2.24, 2.45) is 5.41 Å². The molecule has 2 aromatic heterocycles. The summed E-state index contributed by atoms with van der Waals surface area (Å²) in [7, 11) is 0. The zero-order valence-electron chi connectivity index (χ0n) is 48.3. The lowest BCUT2D eigenvalue weighted by atomic mass is 9.79. The topological polar surface area (TPSA) is 50.9 Å². The van der Waals surface area contributed by atoms with Crippen molar-refractivity contribution in [2.45, 2.75) is 132 Å². The molecule has 0 aliphatic rings. The highest BCUT2D eigenvalue weighted by molar-refractivity contribution is 5.98. The van der Waals surface area contributed by atoms with Gasteiger partial charge in [0.15, 0.2) is 0 Å². The standard InChI is InChI=1S/C63H71N3O/c1-59(2,3)39-40-24-26-41(27-25-40)43-30-31-64-53(35-43)45-32-44(33-47(34-45)61(7,8)9)49-22-19-23-55-56(49)65-58(51-37-48(62(10,11)12)38-52(57(51)67)63(13,14)15)66(55)54-29-28-46(60(4,5)6)36-50(54)42-20-17-16-18-21-42/h16-38,67H,39H2,1-15H3/i26D,27D,30D,35D,39D2. The van der Waals surface area contributed by atoms with Crippen molar-refractivity contribution in [2.75, 3.05) is 0 Å². The number of phenolic OH excluding ortho intramolecular Hbond substituents is 1. The number of pyridine rings is 1. The van der Waals surface area contributed by atoms with Gasteiger partial charge in [-0.3, -0.25) is 9.55 Å². The molecule has 0 atom stereocenters. The molecule has 344 valence electrons. The van der Waals surface area contributed by atoms with Crippen LogP contribution in [-0.2, 0) is 28.0 Å². The second kappa shape index (κ2) is 17.1. The van der Waals surface area contributed by atoms with Crippen LogP contribution >= 0.6 is 0 Å². The maximum atomic E-state index is 12.6. The first-order chi connectivity index (χ1) is 33.7. The number of rotatable bonds is 7. The predicted octanol–water partition coefficient (Wildman–Crippen LogP) is 17.2. The van der Waals surface area contributed by atoms with Gasteiger partial charge in [-0.25, -0.2) is 4.98 Å². The van der Waals surface area contributed by atoms with Gasteiger partial charge in [0.25, 0.3) is 0 Å². The summed E-state index contributed by atoms with van der Waals surface area (Å²) in [5.74, 6) is 0.773. The highest BCUT2D eigenvalue weighted by Crippen LogP contribution is 2.46. The summed E-state index contributed by atoms with van der Waals surface area (Å²) >= 11 is 0. The Kier molecular flexibility index (Phi) is 10.2. The van der Waals surface area contributed by atoms with Crippen molar-refractivity contribution >= 4 is 11.0 Å². The molecule has 4 heteroatoms. The summed E-state index contributed by atoms with van der Waals surface area (Å²) in [5, 5.41) is 12.6. The Bertz CT molecular complexity index is 3420. The fraction of sp³-hybridized carbons (Fsp3) is 0.333. The number of fused-ring (bicyclic) bond motifs is 1. The quantitative estimate of drug-likeness (QED) is 0.173. The van der Waals surface area contributed by atoms with Crippen molar-refractivity contribution in [3.63, 3.8) is 0 Å². The van der Waals surface area contributed by atoms with E-state index in [1.54, 1.807) is 20.8 Å². The van der Waals surface area contributed by atoms with Gasteiger partial charge in [0.05, 0.1) is 33.5 Å². The molecular formula is C63H71N3O. The Hall–Kier alpha value is -6.26. The number of hydrogen-bond acceptors (Lipinski definition) is 3. The molecule has 1 N–H and O–H groups in total. The van der Waals surface area contributed by atoms with Crippen LogP contribution in [0.3, 0.4) is 0 Å². The van der Waals surface area contributed by atoms with Crippen LogP contribution in [0.5, 0.6) is 5.75 Å². The van der Waals surface area contributed by atoms with Crippen LogP contribution in [0.15, 0.2) is 140 Å². The van der Waals surface area contributed by atoms with Crippen molar-refractivity contribution in [3.05, 3.63) is 167 Å². The molecule has 0 saturated carbocycles. The van der Waals surface area contributed by atoms with Crippen molar-refractivity contribution in [1.29, 1.82) is 0 Å². The average molecular weight is 892 g/mol. The second-order valence-electron chi connectivity index (χ2n) is 23.3. The minimum atomic E-state index is -1.84. The number of benzene rings is 6. The van der Waals surface area contributed by atoms with E-state index in [0.717, 1.165) is 50.1 Å². The Morgan fingerprint density at radius 2 is 1.16 bits per heavy atom. The Morgan fingerprint density at radius 1 is 0.537 bits per heavy atom. The Labute approximate surface area is 409 Å². The molecule has 8 aromatic rings. The molecule has 0 saturated heterocycles. The van der Waals surface area contributed by atoms with Crippen LogP contribution < -0.4 is 0 Å². The van der Waals surface area contributed by atoms with Crippen LogP contribution in [0.4, 0.5) is 0 Å². The highest BCUT2D eigenvalue weighted by Gasteiger charge is 2.30. The normalized spacial score (nSPS) is 14.3. The smallest absolute Gasteiger partial charge is 0.149 e. The summed E-state index contributed by atoms with van der Waals surface area (Å²) < 4.78 is 56.9. The third-order valence-electron chi connectivity index (χ3n) is 12.4. The zero-order valence-corrected chi connectivity index (χ0v) is 42.3. The van der Waals surface area contributed by atoms with Crippen LogP contribution in [0.2, 0.25) is 0 Å². The molecule has 0 bridgehead atoms. The van der Waals surface area contributed by atoms with E-state index in [0.29, 0.717) is 22.5 Å². The van der Waals surface area contributed by atoms with Gasteiger partial charge < -0.3 is 5.11 Å². The average Bonchev–Trinajstić information content (AvgIpc) is 3.67. The van der Waals surface area contributed by atoms with Gasteiger partial charge in [0, 0.05) is 31.2 Å². The van der Waals surface area contributed by atoms with Crippen molar-refractivity contribution in [1.82, 2.24) is 14.5 Å². The number of hydrogen-bond donors (Lipinski definition) is 1. The van der Waals surface area contributed by atoms with E-state index < -0.39 is 17.2 Å². The van der Waals surface area contributed by atoms with Crippen molar-refractivity contribution in [3.8, 4) is 67.5 Å². The van der Waals surface area contributed by atoms with E-state index >= 15 is 0 Å². The molecule has 4 nitrogen and oxygen atoms in total. The van der Waals surface area contributed by atoms with E-state index in [4.69, 9.17) is 16.8 Å². The molecule has 0 aliphatic heterocycles. The highest BCUT2D eigenvalue weighted by atomic mass is 16.3. The van der Waals surface area contributed by atoms with E-state index in [9.17, 15) is 6.48 Å². The molecule has 67 heavy (non-hydrogen) atoms. The molecular weight excluding hydrogens is 815 g/mol. The molecule has 0 unspecified atom stereocenters. The van der Waals surface area contributed by atoms with Crippen LogP contribution in [0.25, 0.3) is 72.7 Å². The molecule has 0 radical (unpaired) electrons. The van der Waals surface area contributed by atoms with Gasteiger partial charge in [-0.2, -0.15) is 0 Å². The van der Waals surface area contributed by atoms with E-state index in [1.165, 1.54) is 23.9 Å². The summed E-state index contributed by atoms with van der Waals surface area (Å²) in [6, 6.07) is 36.1. The minimum absolute atomic E-state index is 0.0842. The Morgan fingerprint density at radius 3 is 1.79 bits per heavy atom. The lowest BCUT2D eigenvalue weighted by Gasteiger charge is -2.28. The van der Waals surface area contributed by atoms with Gasteiger partial charge in [-0.1, -0.05) is 189 Å². The monoisotopic (exact) mass is 892 g/mol. The van der Waals surface area contributed by atoms with Gasteiger partial charge in [-0.15, -0.1) is 0 Å². The van der Waals surface area contributed by atoms with Crippen LogP contribution in [0.1, 0.15) is 140 Å². The summed E-state index contributed by atoms with van der Waals surface area (Å²) in [4.78, 5) is 10.4. The van der Waals surface area contributed by atoms with E-state index in [-0.39, 0.29) is 68.5 Å². The molecule has 0 fully saturated rings. The molecule has 0 aliphatic carbocycles. The first kappa shape index (κ1) is 39.9. The van der Waals surface area contributed by atoms with E-state index in [2.05, 4.69) is 160 Å². The number of para-hydroxylation sites is 1. The number of aromatic nitrogens is 3. The largest absolute Gasteiger partial charge is 0.507 e. The number of imidazole rings is 1. The summed E-state index contributed by atoms with van der Waals surface area (Å²) in [6.07, 6.45) is -0.466. The van der Waals surface area contributed by atoms with Gasteiger partial charge in [-0.05, 0) is 126 Å². The molecule has 0 amide bonds. The van der Waals surface area contributed by atoms with Crippen molar-refractivity contribution < 1.29 is 13.3 Å². The maximum absolute atomic E-state index is 12.6. The Balaban J connectivity index is 1.44. The number of nitrogens with zero attached hydrogens (tertiary/aromatic N) is 3. The lowest BCUT2D eigenvalue weighted by molar-refractivity contribution is 0.411. The number of aromatic hydroxyl groups is 1. The van der Waals surface area contributed by atoms with Gasteiger partial charge in [0.1, 0.15) is 11.6 Å². The zero-order chi connectivity index (χ0) is 53.7. The molecule has 6 aromatic carbocycles. The second-order valence-corrected chi connectivity index (χ2v) is 23.3. The SMILES string of the molecule is [2H]c1cc(C([2H])([2H])C(C)(C)C)cc([2H])c1-c1c([2H])cnc(-c2cc(-c3cccc4c3nc(-c3cc(C(C)(C)C)cc(C(C)(C)C)c3O)n4-c3ccc(C(C)(C)C)cc3-c3ccccc3)cc(C(C)(C)C)c2)c1[2H]. The first-order valence-electron chi connectivity index (χ1n) is 26.5. The van der Waals surface area contributed by atoms with Crippen LogP contribution in [0, 0.1) is 5.41 Å². The third-order valence-corrected chi connectivity index (χ3v) is 12.4. The predicted molar refractivity (Wildman–Crippen MR) is 286 cm³/mol. The van der Waals surface area contributed by atoms with Gasteiger partial charge in [0.2, 0.25) is 0 Å². The first-order valence-corrected chi connectivity index (χ1v) is 23.5. The number of phenols is 1. The molecule has 0 spiro atoms. The third kappa shape index (κ3) is 9.91. The summed E-state index contributed by atoms with van der Waals surface area (Å²) in [5.41, 5.74) is 10.2. The van der Waals surface area contributed by atoms with Gasteiger partial charge >= 0.3 is 0 Å². The van der Waals surface area contributed by atoms with Crippen LogP contribution in [-0.4, -0.2) is 19.6 Å². The maximum Gasteiger partial charge on any atom is 0.149 e.